The van der Waals surface area contributed by atoms with Crippen molar-refractivity contribution in [3.63, 3.8) is 0 Å². The highest BCUT2D eigenvalue weighted by Gasteiger charge is 2.22. The standard InChI is InChI=1S/C20H25N3O2S3/c1-5-8-21-17(24)13(4)28-20-22-18-16(19(25)23(20)10-12(2)3)14(11-27-18)15-7-6-9-26-15/h6-7,9,11-13H,5,8,10H2,1-4H3,(H,21,24)/t13-/m1/s1. The van der Waals surface area contributed by atoms with Crippen LogP contribution in [0.5, 0.6) is 0 Å². The number of amides is 1. The minimum atomic E-state index is -0.314. The summed E-state index contributed by atoms with van der Waals surface area (Å²) in [6.07, 6.45) is 0.895. The number of fused-ring (bicyclic) bond motifs is 1. The van der Waals surface area contributed by atoms with Crippen molar-refractivity contribution in [3.8, 4) is 10.4 Å². The summed E-state index contributed by atoms with van der Waals surface area (Å²) in [5.41, 5.74) is 0.933. The van der Waals surface area contributed by atoms with Gasteiger partial charge in [0.15, 0.2) is 5.16 Å². The fourth-order valence-electron chi connectivity index (χ4n) is 2.84. The van der Waals surface area contributed by atoms with Crippen molar-refractivity contribution >= 4 is 50.6 Å². The molecule has 0 saturated carbocycles. The smallest absolute Gasteiger partial charge is 0.263 e. The molecule has 0 bridgehead atoms. The first kappa shape index (κ1) is 21.1. The van der Waals surface area contributed by atoms with Gasteiger partial charge in [-0.2, -0.15) is 0 Å². The molecule has 3 aromatic rings. The molecule has 1 N–H and O–H groups in total. The zero-order chi connectivity index (χ0) is 20.3. The molecule has 0 aliphatic rings. The Labute approximate surface area is 177 Å². The van der Waals surface area contributed by atoms with Gasteiger partial charge in [-0.05, 0) is 30.7 Å². The first-order valence-corrected chi connectivity index (χ1v) is 12.1. The van der Waals surface area contributed by atoms with Gasteiger partial charge >= 0.3 is 0 Å². The summed E-state index contributed by atoms with van der Waals surface area (Å²) in [6.45, 7) is 9.27. The minimum absolute atomic E-state index is 0.0213. The van der Waals surface area contributed by atoms with Crippen molar-refractivity contribution in [2.45, 2.75) is 51.1 Å². The number of rotatable bonds is 8. The van der Waals surface area contributed by atoms with E-state index in [4.69, 9.17) is 4.98 Å². The number of aromatic nitrogens is 2. The van der Waals surface area contributed by atoms with E-state index in [1.807, 2.05) is 36.7 Å². The summed E-state index contributed by atoms with van der Waals surface area (Å²) in [5, 5.41) is 7.92. The van der Waals surface area contributed by atoms with Gasteiger partial charge in [-0.15, -0.1) is 22.7 Å². The number of carbonyl (C=O) groups is 1. The Bertz CT molecular complexity index is 1010. The second kappa shape index (κ2) is 9.24. The number of thioether (sulfide) groups is 1. The summed E-state index contributed by atoms with van der Waals surface area (Å²) in [6, 6.07) is 4.02. The van der Waals surface area contributed by atoms with Gasteiger partial charge in [-0.1, -0.05) is 38.6 Å². The molecule has 0 aliphatic carbocycles. The Kier molecular flexibility index (Phi) is 6.95. The SMILES string of the molecule is CCCNC(=O)[C@@H](C)Sc1nc2scc(-c3cccs3)c2c(=O)n1CC(C)C. The lowest BCUT2D eigenvalue weighted by Gasteiger charge is -2.17. The molecule has 0 unspecified atom stereocenters. The van der Waals surface area contributed by atoms with Crippen molar-refractivity contribution < 1.29 is 4.79 Å². The molecule has 0 saturated heterocycles. The lowest BCUT2D eigenvalue weighted by molar-refractivity contribution is -0.120. The third kappa shape index (κ3) is 4.50. The predicted molar refractivity (Wildman–Crippen MR) is 121 cm³/mol. The van der Waals surface area contributed by atoms with Crippen LogP contribution in [0.4, 0.5) is 0 Å². The summed E-state index contributed by atoms with van der Waals surface area (Å²) < 4.78 is 1.74. The molecule has 8 heteroatoms. The number of hydrogen-bond donors (Lipinski definition) is 1. The van der Waals surface area contributed by atoms with E-state index in [9.17, 15) is 9.59 Å². The second-order valence-electron chi connectivity index (χ2n) is 7.06. The van der Waals surface area contributed by atoms with Gasteiger partial charge in [-0.25, -0.2) is 4.98 Å². The Morgan fingerprint density at radius 3 is 2.75 bits per heavy atom. The molecular weight excluding hydrogens is 410 g/mol. The van der Waals surface area contributed by atoms with Crippen LogP contribution in [0, 0.1) is 5.92 Å². The molecule has 0 aliphatic heterocycles. The molecule has 3 heterocycles. The van der Waals surface area contributed by atoms with Crippen LogP contribution >= 0.6 is 34.4 Å². The van der Waals surface area contributed by atoms with E-state index in [2.05, 4.69) is 19.2 Å². The lowest BCUT2D eigenvalue weighted by atomic mass is 10.2. The number of hydrogen-bond acceptors (Lipinski definition) is 6. The van der Waals surface area contributed by atoms with E-state index < -0.39 is 0 Å². The van der Waals surface area contributed by atoms with Crippen molar-refractivity contribution in [2.75, 3.05) is 6.54 Å². The maximum absolute atomic E-state index is 13.4. The first-order chi connectivity index (χ1) is 13.4. The second-order valence-corrected chi connectivity index (χ2v) is 10.2. The van der Waals surface area contributed by atoms with E-state index in [-0.39, 0.29) is 16.7 Å². The van der Waals surface area contributed by atoms with Crippen LogP contribution in [0.2, 0.25) is 0 Å². The first-order valence-electron chi connectivity index (χ1n) is 9.42. The Hall–Kier alpha value is -1.64. The zero-order valence-electron chi connectivity index (χ0n) is 16.5. The van der Waals surface area contributed by atoms with Crippen molar-refractivity contribution in [1.29, 1.82) is 0 Å². The summed E-state index contributed by atoms with van der Waals surface area (Å²) in [5.74, 6) is 0.270. The number of nitrogens with zero attached hydrogens (tertiary/aromatic N) is 2. The summed E-state index contributed by atoms with van der Waals surface area (Å²) >= 11 is 4.46. The van der Waals surface area contributed by atoms with Crippen LogP contribution in [0.15, 0.2) is 32.8 Å². The molecule has 1 amide bonds. The van der Waals surface area contributed by atoms with E-state index in [0.717, 1.165) is 21.7 Å². The van der Waals surface area contributed by atoms with Crippen LogP contribution in [-0.2, 0) is 11.3 Å². The highest BCUT2D eigenvalue weighted by Crippen LogP contribution is 2.35. The van der Waals surface area contributed by atoms with Gasteiger partial charge in [0.25, 0.3) is 5.56 Å². The molecular formula is C20H25N3O2S3. The molecule has 1 atom stereocenters. The van der Waals surface area contributed by atoms with Crippen molar-refractivity contribution in [2.24, 2.45) is 5.92 Å². The summed E-state index contributed by atoms with van der Waals surface area (Å²) in [4.78, 5) is 32.3. The maximum atomic E-state index is 13.4. The summed E-state index contributed by atoms with van der Waals surface area (Å²) in [7, 11) is 0. The monoisotopic (exact) mass is 435 g/mol. The fraction of sp³-hybridized carbons (Fsp3) is 0.450. The quantitative estimate of drug-likeness (QED) is 0.406. The van der Waals surface area contributed by atoms with E-state index in [0.29, 0.717) is 29.6 Å². The number of carbonyl (C=O) groups excluding carboxylic acids is 1. The molecule has 0 aromatic carbocycles. The number of nitrogens with one attached hydrogen (secondary N) is 1. The third-order valence-corrected chi connectivity index (χ3v) is 7.06. The molecule has 3 aromatic heterocycles. The average molecular weight is 436 g/mol. The molecule has 0 fully saturated rings. The molecule has 28 heavy (non-hydrogen) atoms. The van der Waals surface area contributed by atoms with Gasteiger partial charge in [-0.3, -0.25) is 14.2 Å². The van der Waals surface area contributed by atoms with E-state index >= 15 is 0 Å². The normalized spacial score (nSPS) is 12.6. The molecule has 3 rings (SSSR count). The zero-order valence-corrected chi connectivity index (χ0v) is 19.0. The molecule has 5 nitrogen and oxygen atoms in total. The third-order valence-electron chi connectivity index (χ3n) is 4.19. The number of thiophene rings is 2. The fourth-order valence-corrected chi connectivity index (χ4v) is 5.58. The Morgan fingerprint density at radius 1 is 1.32 bits per heavy atom. The lowest BCUT2D eigenvalue weighted by Crippen LogP contribution is -2.32. The van der Waals surface area contributed by atoms with Crippen LogP contribution in [-0.4, -0.2) is 27.3 Å². The minimum Gasteiger partial charge on any atom is -0.355 e. The maximum Gasteiger partial charge on any atom is 0.263 e. The van der Waals surface area contributed by atoms with Gasteiger partial charge in [0, 0.05) is 28.9 Å². The highest BCUT2D eigenvalue weighted by molar-refractivity contribution is 8.00. The molecule has 0 radical (unpaired) electrons. The van der Waals surface area contributed by atoms with Crippen molar-refractivity contribution in [3.05, 3.63) is 33.2 Å². The van der Waals surface area contributed by atoms with Crippen LogP contribution < -0.4 is 10.9 Å². The van der Waals surface area contributed by atoms with Gasteiger partial charge in [0.05, 0.1) is 10.6 Å². The predicted octanol–water partition coefficient (Wildman–Crippen LogP) is 4.85. The average Bonchev–Trinajstić information content (AvgIpc) is 3.31. The Morgan fingerprint density at radius 2 is 2.11 bits per heavy atom. The highest BCUT2D eigenvalue weighted by atomic mass is 32.2. The van der Waals surface area contributed by atoms with Gasteiger partial charge in [0.2, 0.25) is 5.91 Å². The van der Waals surface area contributed by atoms with Crippen LogP contribution in [0.3, 0.4) is 0 Å². The van der Waals surface area contributed by atoms with Crippen LogP contribution in [0.25, 0.3) is 20.7 Å². The molecule has 0 spiro atoms. The van der Waals surface area contributed by atoms with Gasteiger partial charge in [0.1, 0.15) is 4.83 Å². The van der Waals surface area contributed by atoms with E-state index in [1.165, 1.54) is 23.1 Å². The Balaban J connectivity index is 2.05. The van der Waals surface area contributed by atoms with Crippen molar-refractivity contribution in [1.82, 2.24) is 14.9 Å². The molecule has 150 valence electrons. The van der Waals surface area contributed by atoms with E-state index in [1.54, 1.807) is 15.9 Å². The largest absolute Gasteiger partial charge is 0.355 e. The van der Waals surface area contributed by atoms with Gasteiger partial charge < -0.3 is 5.32 Å². The topological polar surface area (TPSA) is 64.0 Å². The van der Waals surface area contributed by atoms with Crippen LogP contribution in [0.1, 0.15) is 34.1 Å².